The maximum Gasteiger partial charge on any atom is 0.142 e. The van der Waals surface area contributed by atoms with Crippen molar-refractivity contribution in [2.75, 3.05) is 0 Å². The first kappa shape index (κ1) is 14.4. The van der Waals surface area contributed by atoms with E-state index in [2.05, 4.69) is 17.2 Å². The van der Waals surface area contributed by atoms with Crippen LogP contribution in [0.25, 0.3) is 0 Å². The zero-order valence-electron chi connectivity index (χ0n) is 11.1. The summed E-state index contributed by atoms with van der Waals surface area (Å²) in [5.41, 5.74) is 0.877. The first-order valence-electron chi connectivity index (χ1n) is 6.10. The van der Waals surface area contributed by atoms with Crippen molar-refractivity contribution in [3.8, 4) is 0 Å². The molecule has 0 saturated heterocycles. The van der Waals surface area contributed by atoms with Gasteiger partial charge in [0.25, 0.3) is 0 Å². The quantitative estimate of drug-likeness (QED) is 0.888. The molecule has 0 aliphatic rings. The summed E-state index contributed by atoms with van der Waals surface area (Å²) >= 11 is 7.36. The Morgan fingerprint density at radius 2 is 2.05 bits per heavy atom. The van der Waals surface area contributed by atoms with Crippen LogP contribution in [0, 0.1) is 12.7 Å². The van der Waals surface area contributed by atoms with Crippen LogP contribution in [-0.2, 0) is 0 Å². The minimum Gasteiger partial charge on any atom is -0.302 e. The molecular weight excluding hydrogens is 283 g/mol. The molecule has 2 aromatic rings. The molecule has 1 heterocycles. The van der Waals surface area contributed by atoms with Gasteiger partial charge in [0.1, 0.15) is 10.8 Å². The van der Waals surface area contributed by atoms with Crippen molar-refractivity contribution in [2.24, 2.45) is 0 Å². The monoisotopic (exact) mass is 298 g/mol. The predicted octanol–water partition coefficient (Wildman–Crippen LogP) is 4.66. The van der Waals surface area contributed by atoms with Crippen LogP contribution in [0.5, 0.6) is 0 Å². The number of hydrogen-bond acceptors (Lipinski definition) is 3. The third-order valence-electron chi connectivity index (χ3n) is 2.95. The second-order valence-corrected chi connectivity index (χ2v) is 6.27. The Kier molecular flexibility index (Phi) is 4.55. The zero-order chi connectivity index (χ0) is 14.0. The lowest BCUT2D eigenvalue weighted by molar-refractivity contribution is 0.490. The molecule has 0 spiro atoms. The van der Waals surface area contributed by atoms with E-state index < -0.39 is 0 Å². The number of benzene rings is 1. The molecule has 0 amide bonds. The minimum atomic E-state index is -0.384. The summed E-state index contributed by atoms with van der Waals surface area (Å²) in [4.78, 5) is 5.54. The molecule has 5 heteroatoms. The Bertz CT molecular complexity index is 570. The minimum absolute atomic E-state index is 0.0333. The van der Waals surface area contributed by atoms with Gasteiger partial charge in [-0.1, -0.05) is 17.7 Å². The number of rotatable bonds is 4. The van der Waals surface area contributed by atoms with Gasteiger partial charge in [-0.2, -0.15) is 0 Å². The maximum atomic E-state index is 13.4. The highest BCUT2D eigenvalue weighted by Crippen LogP contribution is 2.24. The molecule has 1 aromatic heterocycles. The molecule has 19 heavy (non-hydrogen) atoms. The van der Waals surface area contributed by atoms with Crippen molar-refractivity contribution in [1.29, 1.82) is 0 Å². The number of halogens is 2. The van der Waals surface area contributed by atoms with Crippen molar-refractivity contribution >= 4 is 22.9 Å². The Hall–Kier alpha value is -0.970. The van der Waals surface area contributed by atoms with Gasteiger partial charge in [-0.15, -0.1) is 11.3 Å². The second kappa shape index (κ2) is 5.99. The molecule has 102 valence electrons. The fraction of sp³-hybridized carbons (Fsp3) is 0.357. The highest BCUT2D eigenvalue weighted by Gasteiger charge is 2.14. The summed E-state index contributed by atoms with van der Waals surface area (Å²) in [7, 11) is 0. The second-order valence-electron chi connectivity index (χ2n) is 4.59. The van der Waals surface area contributed by atoms with E-state index in [1.165, 1.54) is 10.9 Å². The Balaban J connectivity index is 2.07. The maximum absolute atomic E-state index is 13.4. The van der Waals surface area contributed by atoms with Gasteiger partial charge in [-0.25, -0.2) is 9.37 Å². The molecule has 2 atom stereocenters. The van der Waals surface area contributed by atoms with E-state index in [0.29, 0.717) is 0 Å². The highest BCUT2D eigenvalue weighted by molar-refractivity contribution is 7.11. The number of nitrogens with one attached hydrogen (secondary N) is 1. The average molecular weight is 299 g/mol. The van der Waals surface area contributed by atoms with E-state index in [4.69, 9.17) is 11.6 Å². The summed E-state index contributed by atoms with van der Waals surface area (Å²) in [6.07, 6.45) is 1.87. The first-order chi connectivity index (χ1) is 8.97. The lowest BCUT2D eigenvalue weighted by atomic mass is 10.1. The normalized spacial score (nSPS) is 14.4. The fourth-order valence-electron chi connectivity index (χ4n) is 1.90. The van der Waals surface area contributed by atoms with Crippen LogP contribution in [0.1, 0.15) is 41.4 Å². The van der Waals surface area contributed by atoms with Gasteiger partial charge in [0.15, 0.2) is 0 Å². The summed E-state index contributed by atoms with van der Waals surface area (Å²) in [6, 6.07) is 5.06. The lowest BCUT2D eigenvalue weighted by Gasteiger charge is -2.19. The molecule has 0 fully saturated rings. The number of thiazole rings is 1. The van der Waals surface area contributed by atoms with Crippen LogP contribution in [-0.4, -0.2) is 4.98 Å². The van der Waals surface area contributed by atoms with Gasteiger partial charge >= 0.3 is 0 Å². The number of aryl methyl sites for hydroxylation is 1. The molecule has 2 rings (SSSR count). The summed E-state index contributed by atoms with van der Waals surface area (Å²) < 4.78 is 13.4. The number of hydrogen-bond donors (Lipinski definition) is 1. The Morgan fingerprint density at radius 3 is 2.63 bits per heavy atom. The summed E-state index contributed by atoms with van der Waals surface area (Å²) in [5.74, 6) is -0.384. The van der Waals surface area contributed by atoms with Gasteiger partial charge < -0.3 is 5.32 Å². The van der Waals surface area contributed by atoms with E-state index in [0.717, 1.165) is 10.6 Å². The third kappa shape index (κ3) is 3.53. The van der Waals surface area contributed by atoms with Crippen LogP contribution in [0.3, 0.4) is 0 Å². The molecule has 0 radical (unpaired) electrons. The van der Waals surface area contributed by atoms with Crippen LogP contribution in [0.4, 0.5) is 4.39 Å². The van der Waals surface area contributed by atoms with E-state index in [-0.39, 0.29) is 22.9 Å². The van der Waals surface area contributed by atoms with E-state index in [1.807, 2.05) is 26.1 Å². The smallest absolute Gasteiger partial charge is 0.142 e. The molecule has 2 nitrogen and oxygen atoms in total. The first-order valence-corrected chi connectivity index (χ1v) is 7.30. The predicted molar refractivity (Wildman–Crippen MR) is 78.2 cm³/mol. The number of nitrogens with zero attached hydrogens (tertiary/aromatic N) is 1. The van der Waals surface area contributed by atoms with Crippen molar-refractivity contribution in [2.45, 2.75) is 32.9 Å². The Labute approximate surface area is 121 Å². The van der Waals surface area contributed by atoms with E-state index in [9.17, 15) is 4.39 Å². The van der Waals surface area contributed by atoms with Crippen molar-refractivity contribution < 1.29 is 4.39 Å². The van der Waals surface area contributed by atoms with Crippen LogP contribution in [0.2, 0.25) is 5.02 Å². The standard InChI is InChI=1S/C14H16ClFN2S/c1-8-7-17-14(19-8)10(3)18-9(2)11-4-5-12(15)13(16)6-11/h4-7,9-10,18H,1-3H3. The Morgan fingerprint density at radius 1 is 1.32 bits per heavy atom. The van der Waals surface area contributed by atoms with Gasteiger partial charge in [0.05, 0.1) is 11.1 Å². The SMILES string of the molecule is Cc1cnc(C(C)NC(C)c2ccc(Cl)c(F)c2)s1. The lowest BCUT2D eigenvalue weighted by Crippen LogP contribution is -2.22. The molecule has 0 aliphatic heterocycles. The van der Waals surface area contributed by atoms with E-state index in [1.54, 1.807) is 17.4 Å². The van der Waals surface area contributed by atoms with Gasteiger partial charge in [-0.3, -0.25) is 0 Å². The molecule has 0 saturated carbocycles. The van der Waals surface area contributed by atoms with Gasteiger partial charge in [0, 0.05) is 17.1 Å². The van der Waals surface area contributed by atoms with Crippen molar-refractivity contribution in [3.63, 3.8) is 0 Å². The van der Waals surface area contributed by atoms with Crippen LogP contribution >= 0.6 is 22.9 Å². The fourth-order valence-corrected chi connectivity index (χ4v) is 2.80. The highest BCUT2D eigenvalue weighted by atomic mass is 35.5. The van der Waals surface area contributed by atoms with Crippen LogP contribution in [0.15, 0.2) is 24.4 Å². The molecule has 1 aromatic carbocycles. The van der Waals surface area contributed by atoms with Gasteiger partial charge in [0.2, 0.25) is 0 Å². The summed E-state index contributed by atoms with van der Waals surface area (Å²) in [5, 5.41) is 4.60. The summed E-state index contributed by atoms with van der Waals surface area (Å²) in [6.45, 7) is 6.09. The van der Waals surface area contributed by atoms with E-state index >= 15 is 0 Å². The van der Waals surface area contributed by atoms with Crippen molar-refractivity contribution in [1.82, 2.24) is 10.3 Å². The molecular formula is C14H16ClFN2S. The van der Waals surface area contributed by atoms with Crippen LogP contribution < -0.4 is 5.32 Å². The largest absolute Gasteiger partial charge is 0.302 e. The van der Waals surface area contributed by atoms with Gasteiger partial charge in [-0.05, 0) is 38.5 Å². The van der Waals surface area contributed by atoms with Crippen molar-refractivity contribution in [3.05, 3.63) is 50.7 Å². The molecule has 1 N–H and O–H groups in total. The topological polar surface area (TPSA) is 24.9 Å². The molecule has 2 unspecified atom stereocenters. The average Bonchev–Trinajstić information content (AvgIpc) is 2.79. The molecule has 0 aliphatic carbocycles. The zero-order valence-corrected chi connectivity index (χ0v) is 12.6. The number of aromatic nitrogens is 1. The third-order valence-corrected chi connectivity index (χ3v) is 4.36. The molecule has 0 bridgehead atoms.